The zero-order valence-corrected chi connectivity index (χ0v) is 20.7. The van der Waals surface area contributed by atoms with E-state index >= 15 is 0 Å². The van der Waals surface area contributed by atoms with Gasteiger partial charge in [0.25, 0.3) is 0 Å². The average molecular weight is 452 g/mol. The van der Waals surface area contributed by atoms with Crippen molar-refractivity contribution in [3.63, 3.8) is 0 Å². The first-order valence-electron chi connectivity index (χ1n) is 10.6. The van der Waals surface area contributed by atoms with Crippen LogP contribution in [0.2, 0.25) is 0 Å². The number of rotatable bonds is 4. The fraction of sp³-hybridized carbons (Fsp3) is 0.333. The lowest BCUT2D eigenvalue weighted by atomic mass is 10.1. The van der Waals surface area contributed by atoms with Gasteiger partial charge in [-0.25, -0.2) is 0 Å². The van der Waals surface area contributed by atoms with E-state index in [1.165, 1.54) is 38.9 Å². The highest BCUT2D eigenvalue weighted by atomic mass is 35.5. The molecule has 0 aliphatic carbocycles. The summed E-state index contributed by atoms with van der Waals surface area (Å²) in [6.45, 7) is 12.9. The monoisotopic (exact) mass is 451 g/mol. The maximum Gasteiger partial charge on any atom is 0.0684 e. The Labute approximate surface area is 197 Å². The third-order valence-corrected chi connectivity index (χ3v) is 5.40. The van der Waals surface area contributed by atoms with E-state index in [1.807, 2.05) is 52.0 Å². The van der Waals surface area contributed by atoms with Crippen LogP contribution < -0.4 is 0 Å². The first kappa shape index (κ1) is 27.3. The molecule has 0 amide bonds. The zero-order chi connectivity index (χ0) is 24.1. The van der Waals surface area contributed by atoms with E-state index < -0.39 is 0 Å². The van der Waals surface area contributed by atoms with Gasteiger partial charge in [0.2, 0.25) is 0 Å². The highest BCUT2D eigenvalue weighted by Crippen LogP contribution is 2.13. The third kappa shape index (κ3) is 9.57. The average Bonchev–Trinajstić information content (AvgIpc) is 2.74. The molecule has 0 spiro atoms. The largest absolute Gasteiger partial charge is 0.392 e. The number of nitrogens with zero attached hydrogens (tertiary/aromatic N) is 3. The van der Waals surface area contributed by atoms with E-state index in [9.17, 15) is 0 Å². The number of hydrogen-bond donors (Lipinski definition) is 1. The zero-order valence-electron chi connectivity index (χ0n) is 20.0. The SMILES string of the molecule is Cc1ccc(CCl)c(C)c1.Cc1ccc(CN=[N+]=[N-])c(C)c1.Cc1ccc(CO)c(C)c1. The molecule has 3 aromatic rings. The lowest BCUT2D eigenvalue weighted by molar-refractivity contribution is 0.281. The second-order valence-electron chi connectivity index (χ2n) is 7.97. The molecule has 3 rings (SSSR count). The number of benzene rings is 3. The predicted molar refractivity (Wildman–Crippen MR) is 136 cm³/mol. The van der Waals surface area contributed by atoms with Crippen molar-refractivity contribution in [3.8, 4) is 0 Å². The molecule has 0 heterocycles. The van der Waals surface area contributed by atoms with Crippen LogP contribution in [0.25, 0.3) is 10.4 Å². The highest BCUT2D eigenvalue weighted by molar-refractivity contribution is 6.17. The highest BCUT2D eigenvalue weighted by Gasteiger charge is 1.96. The van der Waals surface area contributed by atoms with Crippen LogP contribution in [0, 0.1) is 41.5 Å². The smallest absolute Gasteiger partial charge is 0.0684 e. The molecule has 0 atom stereocenters. The maximum atomic E-state index is 8.81. The van der Waals surface area contributed by atoms with Crippen LogP contribution >= 0.6 is 11.6 Å². The Hall–Kier alpha value is -2.78. The quantitative estimate of drug-likeness (QED) is 0.186. The summed E-state index contributed by atoms with van der Waals surface area (Å²) >= 11 is 5.68. The molecule has 0 unspecified atom stereocenters. The van der Waals surface area contributed by atoms with Gasteiger partial charge in [-0.05, 0) is 80.5 Å². The van der Waals surface area contributed by atoms with Crippen molar-refractivity contribution in [2.24, 2.45) is 5.11 Å². The van der Waals surface area contributed by atoms with Gasteiger partial charge in [-0.3, -0.25) is 0 Å². The van der Waals surface area contributed by atoms with Gasteiger partial charge in [-0.1, -0.05) is 76.4 Å². The van der Waals surface area contributed by atoms with Crippen molar-refractivity contribution in [2.45, 2.75) is 60.6 Å². The fourth-order valence-electron chi connectivity index (χ4n) is 3.15. The molecule has 170 valence electrons. The van der Waals surface area contributed by atoms with Crippen LogP contribution in [0.4, 0.5) is 0 Å². The van der Waals surface area contributed by atoms with Crippen molar-refractivity contribution in [3.05, 3.63) is 115 Å². The normalized spacial score (nSPS) is 9.62. The number of aliphatic hydroxyl groups excluding tert-OH is 1. The molecule has 0 saturated heterocycles. The Morgan fingerprint density at radius 1 is 0.719 bits per heavy atom. The summed E-state index contributed by atoms with van der Waals surface area (Å²) in [5.41, 5.74) is 18.9. The van der Waals surface area contributed by atoms with Gasteiger partial charge in [0.05, 0.1) is 13.2 Å². The van der Waals surface area contributed by atoms with Crippen molar-refractivity contribution in [1.82, 2.24) is 0 Å². The molecular formula is C27H34ClN3O. The molecule has 0 saturated carbocycles. The molecule has 0 aliphatic heterocycles. The molecule has 0 aromatic heterocycles. The fourth-order valence-corrected chi connectivity index (χ4v) is 3.45. The topological polar surface area (TPSA) is 69.0 Å². The van der Waals surface area contributed by atoms with Gasteiger partial charge < -0.3 is 5.11 Å². The van der Waals surface area contributed by atoms with Gasteiger partial charge in [0, 0.05) is 10.8 Å². The first-order valence-corrected chi connectivity index (χ1v) is 11.1. The number of azide groups is 1. The number of aliphatic hydroxyl groups is 1. The van der Waals surface area contributed by atoms with E-state index in [0.717, 1.165) is 11.1 Å². The molecule has 0 fully saturated rings. The molecule has 32 heavy (non-hydrogen) atoms. The van der Waals surface area contributed by atoms with Gasteiger partial charge in [-0.15, -0.1) is 11.6 Å². The van der Waals surface area contributed by atoms with Gasteiger partial charge in [-0.2, -0.15) is 0 Å². The summed E-state index contributed by atoms with van der Waals surface area (Å²) in [7, 11) is 0. The minimum Gasteiger partial charge on any atom is -0.392 e. The molecule has 0 bridgehead atoms. The summed E-state index contributed by atoms with van der Waals surface area (Å²) < 4.78 is 0. The molecule has 1 N–H and O–H groups in total. The summed E-state index contributed by atoms with van der Waals surface area (Å²) in [5.74, 6) is 0.617. The van der Waals surface area contributed by atoms with Crippen LogP contribution in [0.5, 0.6) is 0 Å². The van der Waals surface area contributed by atoms with E-state index in [1.54, 1.807) is 0 Å². The number of aryl methyl sites for hydroxylation is 6. The van der Waals surface area contributed by atoms with E-state index in [-0.39, 0.29) is 6.61 Å². The van der Waals surface area contributed by atoms with Crippen LogP contribution in [0.15, 0.2) is 59.7 Å². The second kappa shape index (κ2) is 14.3. The summed E-state index contributed by atoms with van der Waals surface area (Å²) in [5, 5.41) is 12.3. The van der Waals surface area contributed by atoms with Crippen molar-refractivity contribution in [1.29, 1.82) is 0 Å². The van der Waals surface area contributed by atoms with E-state index in [4.69, 9.17) is 22.2 Å². The second-order valence-corrected chi connectivity index (χ2v) is 8.24. The number of alkyl halides is 1. The molecule has 3 aromatic carbocycles. The number of hydrogen-bond acceptors (Lipinski definition) is 2. The summed E-state index contributed by atoms with van der Waals surface area (Å²) in [6, 6.07) is 18.5. The lowest BCUT2D eigenvalue weighted by Crippen LogP contribution is -1.87. The molecule has 4 nitrogen and oxygen atoms in total. The minimum absolute atomic E-state index is 0.145. The van der Waals surface area contributed by atoms with Gasteiger partial charge in [0.1, 0.15) is 0 Å². The molecule has 0 radical (unpaired) electrons. The predicted octanol–water partition coefficient (Wildman–Crippen LogP) is 7.95. The molecule has 5 heteroatoms. The van der Waals surface area contributed by atoms with Crippen LogP contribution in [-0.4, -0.2) is 5.11 Å². The Bertz CT molecular complexity index is 1010. The van der Waals surface area contributed by atoms with E-state index in [0.29, 0.717) is 12.4 Å². The third-order valence-electron chi connectivity index (χ3n) is 5.11. The first-order chi connectivity index (χ1) is 15.2. The summed E-state index contributed by atoms with van der Waals surface area (Å²) in [4.78, 5) is 2.72. The number of halogens is 1. The molecule has 0 aliphatic rings. The van der Waals surface area contributed by atoms with Gasteiger partial charge in [0.15, 0.2) is 0 Å². The van der Waals surface area contributed by atoms with Crippen LogP contribution in [-0.2, 0) is 19.0 Å². The Morgan fingerprint density at radius 3 is 1.47 bits per heavy atom. The molecular weight excluding hydrogens is 418 g/mol. The van der Waals surface area contributed by atoms with Crippen molar-refractivity contribution in [2.75, 3.05) is 0 Å². The van der Waals surface area contributed by atoms with Crippen molar-refractivity contribution >= 4 is 11.6 Å². The van der Waals surface area contributed by atoms with E-state index in [2.05, 4.69) is 54.2 Å². The van der Waals surface area contributed by atoms with Crippen molar-refractivity contribution < 1.29 is 5.11 Å². The summed E-state index contributed by atoms with van der Waals surface area (Å²) in [6.07, 6.45) is 0. The Kier molecular flexibility index (Phi) is 12.2. The van der Waals surface area contributed by atoms with Crippen LogP contribution in [0.3, 0.4) is 0 Å². The Morgan fingerprint density at radius 2 is 1.12 bits per heavy atom. The lowest BCUT2D eigenvalue weighted by Gasteiger charge is -2.02. The maximum absolute atomic E-state index is 8.81. The van der Waals surface area contributed by atoms with Gasteiger partial charge >= 0.3 is 0 Å². The standard InChI is InChI=1S/C9H11Cl.C9H11N3.C9H12O/c1-7-3-4-9(6-10)8(2)5-7;1-7-3-4-9(6-11-12-10)8(2)5-7;1-7-3-4-9(6-10)8(2)5-7/h3-5H,6H2,1-2H3;3-5H,6H2,1-2H3;3-5,10H,6H2,1-2H3. The Balaban J connectivity index is 0.000000241. The van der Waals surface area contributed by atoms with Crippen LogP contribution in [0.1, 0.15) is 50.1 Å². The minimum atomic E-state index is 0.145.